The predicted octanol–water partition coefficient (Wildman–Crippen LogP) is -0.949. The second kappa shape index (κ2) is 8.14. The molecule has 0 saturated heterocycles. The van der Waals surface area contributed by atoms with Gasteiger partial charge in [0, 0.05) is 24.3 Å². The lowest BCUT2D eigenvalue weighted by molar-refractivity contribution is -0.142. The van der Waals surface area contributed by atoms with Crippen molar-refractivity contribution in [2.75, 3.05) is 6.61 Å². The average molecular weight is 303 g/mol. The molecular weight excluding hydrogens is 288 g/mol. The molecule has 1 atom stereocenters. The van der Waals surface area contributed by atoms with Gasteiger partial charge in [0.1, 0.15) is 6.07 Å². The van der Waals surface area contributed by atoms with Crippen molar-refractivity contribution in [3.8, 4) is 6.07 Å². The molecule has 0 aromatic carbocycles. The number of carbonyl (C=O) groups excluding carboxylic acids is 1. The summed E-state index contributed by atoms with van der Waals surface area (Å²) in [5.74, 6) is -0.608. The van der Waals surface area contributed by atoms with Crippen LogP contribution in [0.15, 0.2) is 15.8 Å². The lowest BCUT2D eigenvalue weighted by Crippen LogP contribution is -2.37. The molecule has 110 valence electrons. The molecule has 1 aromatic heterocycles. The molecule has 0 aliphatic heterocycles. The Bertz CT molecular complexity index is 616. The van der Waals surface area contributed by atoms with Crippen LogP contribution in [-0.2, 0) is 16.1 Å². The zero-order chi connectivity index (χ0) is 14.4. The van der Waals surface area contributed by atoms with E-state index in [9.17, 15) is 14.4 Å². The second-order valence-electron chi connectivity index (χ2n) is 4.01. The number of esters is 1. The minimum absolute atomic E-state index is 0. The third kappa shape index (κ3) is 5.26. The molecule has 8 nitrogen and oxygen atoms in total. The second-order valence-corrected chi connectivity index (χ2v) is 4.01. The summed E-state index contributed by atoms with van der Waals surface area (Å²) in [4.78, 5) is 36.0. The van der Waals surface area contributed by atoms with Gasteiger partial charge in [-0.15, -0.1) is 12.4 Å². The molecule has 0 radical (unpaired) electrons. The van der Waals surface area contributed by atoms with E-state index in [-0.39, 0.29) is 32.0 Å². The lowest BCUT2D eigenvalue weighted by Gasteiger charge is -2.12. The third-order valence-corrected chi connectivity index (χ3v) is 2.35. The molecule has 1 heterocycles. The number of hydrogen-bond acceptors (Lipinski definition) is 6. The molecule has 3 N–H and O–H groups in total. The fourth-order valence-electron chi connectivity index (χ4n) is 1.46. The van der Waals surface area contributed by atoms with E-state index in [1.54, 1.807) is 13.0 Å². The van der Waals surface area contributed by atoms with Crippen LogP contribution in [0.3, 0.4) is 0 Å². The summed E-state index contributed by atoms with van der Waals surface area (Å²) < 4.78 is 5.77. The van der Waals surface area contributed by atoms with Crippen molar-refractivity contribution in [2.45, 2.75) is 25.9 Å². The van der Waals surface area contributed by atoms with Crippen LogP contribution in [0.1, 0.15) is 12.0 Å². The number of aromatic nitrogens is 2. The lowest BCUT2D eigenvalue weighted by atomic mass is 10.2. The van der Waals surface area contributed by atoms with Gasteiger partial charge in [-0.1, -0.05) is 0 Å². The van der Waals surface area contributed by atoms with Gasteiger partial charge in [-0.3, -0.25) is 19.1 Å². The molecule has 0 aliphatic carbocycles. The Kier molecular flexibility index (Phi) is 7.28. The highest BCUT2D eigenvalue weighted by Gasteiger charge is 2.12. The van der Waals surface area contributed by atoms with Gasteiger partial charge in [0.25, 0.3) is 5.56 Å². The Morgan fingerprint density at radius 3 is 2.85 bits per heavy atom. The molecular formula is C11H15ClN4O4. The number of ether oxygens (including phenoxy) is 1. The molecule has 1 aromatic rings. The summed E-state index contributed by atoms with van der Waals surface area (Å²) in [6.45, 7) is 1.29. The maximum atomic E-state index is 11.5. The Labute approximate surface area is 120 Å². The summed E-state index contributed by atoms with van der Waals surface area (Å²) in [5.41, 5.74) is 5.03. The van der Waals surface area contributed by atoms with Gasteiger partial charge in [0.05, 0.1) is 6.42 Å². The fraction of sp³-hybridized carbons (Fsp3) is 0.455. The molecule has 0 spiro atoms. The topological polar surface area (TPSA) is 131 Å². The molecule has 1 rings (SSSR count). The van der Waals surface area contributed by atoms with Crippen molar-refractivity contribution in [1.29, 1.82) is 5.26 Å². The number of H-pyrrole nitrogens is 1. The van der Waals surface area contributed by atoms with Crippen LogP contribution in [0, 0.1) is 18.3 Å². The van der Waals surface area contributed by atoms with Crippen molar-refractivity contribution in [2.24, 2.45) is 5.73 Å². The summed E-state index contributed by atoms with van der Waals surface area (Å²) >= 11 is 0. The van der Waals surface area contributed by atoms with Crippen LogP contribution in [0.25, 0.3) is 0 Å². The van der Waals surface area contributed by atoms with E-state index in [0.717, 1.165) is 0 Å². The number of nitrogens with zero attached hydrogens (tertiary/aromatic N) is 2. The minimum Gasteiger partial charge on any atom is -0.450 e. The van der Waals surface area contributed by atoms with E-state index < -0.39 is 23.3 Å². The highest BCUT2D eigenvalue weighted by molar-refractivity contribution is 5.85. The van der Waals surface area contributed by atoms with Crippen molar-refractivity contribution in [3.05, 3.63) is 32.6 Å². The van der Waals surface area contributed by atoms with E-state index in [0.29, 0.717) is 5.56 Å². The summed E-state index contributed by atoms with van der Waals surface area (Å²) in [6.07, 6.45) is 1.26. The Morgan fingerprint density at radius 2 is 2.25 bits per heavy atom. The number of rotatable bonds is 5. The number of nitrogens with two attached hydrogens (primary N) is 1. The summed E-state index contributed by atoms with van der Waals surface area (Å²) in [6, 6.07) is 1.02. The van der Waals surface area contributed by atoms with Gasteiger partial charge in [-0.2, -0.15) is 5.26 Å². The number of hydrogen-bond donors (Lipinski definition) is 2. The van der Waals surface area contributed by atoms with Crippen LogP contribution >= 0.6 is 12.4 Å². The fourth-order valence-corrected chi connectivity index (χ4v) is 1.46. The molecule has 0 unspecified atom stereocenters. The first kappa shape index (κ1) is 17.9. The van der Waals surface area contributed by atoms with Crippen molar-refractivity contribution in [1.82, 2.24) is 9.55 Å². The van der Waals surface area contributed by atoms with E-state index in [1.807, 2.05) is 0 Å². The number of aryl methyl sites for hydroxylation is 1. The number of carbonyl (C=O) groups is 1. The van der Waals surface area contributed by atoms with E-state index in [4.69, 9.17) is 11.0 Å². The zero-order valence-electron chi connectivity index (χ0n) is 10.8. The first-order valence-corrected chi connectivity index (χ1v) is 5.52. The van der Waals surface area contributed by atoms with Crippen LogP contribution in [0.2, 0.25) is 0 Å². The largest absolute Gasteiger partial charge is 0.450 e. The molecule has 0 aliphatic rings. The standard InChI is InChI=1S/C11H14N4O4.ClH/c1-7-5-15(11(18)14-10(7)17)6-8(13)4-9(16)19-3-2-12;/h5,8H,3-4,6,13H2,1H3,(H,14,17,18);1H/t8-;/m0./s1. The van der Waals surface area contributed by atoms with Crippen molar-refractivity contribution < 1.29 is 9.53 Å². The SMILES string of the molecule is Cc1cn(C[C@@H](N)CC(=O)OCC#N)c(=O)[nH]c1=O.Cl. The Morgan fingerprint density at radius 1 is 1.60 bits per heavy atom. The summed E-state index contributed by atoms with van der Waals surface area (Å²) in [7, 11) is 0. The number of halogens is 1. The highest BCUT2D eigenvalue weighted by Crippen LogP contribution is 1.95. The molecule has 0 saturated carbocycles. The van der Waals surface area contributed by atoms with E-state index in [2.05, 4.69) is 9.72 Å². The molecule has 9 heteroatoms. The van der Waals surface area contributed by atoms with Gasteiger partial charge in [-0.25, -0.2) is 4.79 Å². The van der Waals surface area contributed by atoms with E-state index >= 15 is 0 Å². The molecule has 20 heavy (non-hydrogen) atoms. The molecule has 0 bridgehead atoms. The van der Waals surface area contributed by atoms with Gasteiger partial charge in [0.15, 0.2) is 6.61 Å². The van der Waals surface area contributed by atoms with Crippen molar-refractivity contribution >= 4 is 18.4 Å². The molecule has 0 amide bonds. The molecule has 0 fully saturated rings. The monoisotopic (exact) mass is 302 g/mol. The number of nitriles is 1. The Balaban J connectivity index is 0.00000361. The van der Waals surface area contributed by atoms with Crippen LogP contribution in [-0.4, -0.2) is 28.2 Å². The highest BCUT2D eigenvalue weighted by atomic mass is 35.5. The van der Waals surface area contributed by atoms with Crippen LogP contribution in [0.5, 0.6) is 0 Å². The maximum Gasteiger partial charge on any atom is 0.328 e. The quantitative estimate of drug-likeness (QED) is 0.674. The first-order valence-electron chi connectivity index (χ1n) is 5.52. The third-order valence-electron chi connectivity index (χ3n) is 2.35. The van der Waals surface area contributed by atoms with Gasteiger partial charge >= 0.3 is 11.7 Å². The van der Waals surface area contributed by atoms with Gasteiger partial charge < -0.3 is 10.5 Å². The zero-order valence-corrected chi connectivity index (χ0v) is 11.6. The first-order chi connectivity index (χ1) is 8.93. The van der Waals surface area contributed by atoms with Crippen molar-refractivity contribution in [3.63, 3.8) is 0 Å². The smallest absolute Gasteiger partial charge is 0.328 e. The van der Waals surface area contributed by atoms with Crippen LogP contribution in [0.4, 0.5) is 0 Å². The normalized spacial score (nSPS) is 11.1. The van der Waals surface area contributed by atoms with Gasteiger partial charge in [-0.05, 0) is 6.92 Å². The summed E-state index contributed by atoms with van der Waals surface area (Å²) in [5, 5.41) is 8.24. The van der Waals surface area contributed by atoms with Crippen LogP contribution < -0.4 is 17.0 Å². The number of nitrogens with one attached hydrogen (secondary N) is 1. The van der Waals surface area contributed by atoms with Gasteiger partial charge in [0.2, 0.25) is 0 Å². The maximum absolute atomic E-state index is 11.5. The Hall–Kier alpha value is -2.11. The predicted molar refractivity (Wildman–Crippen MR) is 72.5 cm³/mol. The van der Waals surface area contributed by atoms with E-state index in [1.165, 1.54) is 10.8 Å². The number of aromatic amines is 1. The average Bonchev–Trinajstić information content (AvgIpc) is 2.33. The minimum atomic E-state index is -0.644.